The van der Waals surface area contributed by atoms with Crippen LogP contribution in [0.1, 0.15) is 0 Å². The van der Waals surface area contributed by atoms with Crippen molar-refractivity contribution in [1.29, 1.82) is 0 Å². The van der Waals surface area contributed by atoms with Crippen LogP contribution in [0.4, 0.5) is 11.5 Å². The number of sulfonamides is 1. The van der Waals surface area contributed by atoms with Gasteiger partial charge in [0.15, 0.2) is 17.1 Å². The number of para-hydroxylation sites is 1. The smallest absolute Gasteiger partial charge is 0.343 e. The Labute approximate surface area is 242 Å². The summed E-state index contributed by atoms with van der Waals surface area (Å²) < 4.78 is 39.9. The lowest BCUT2D eigenvalue weighted by atomic mass is 10.1. The molecule has 42 heavy (non-hydrogen) atoms. The van der Waals surface area contributed by atoms with Crippen LogP contribution < -0.4 is 10.1 Å². The zero-order chi connectivity index (χ0) is 30.3. The highest BCUT2D eigenvalue weighted by Gasteiger charge is 2.31. The molecule has 2 aromatic carbocycles. The number of aromatic nitrogens is 3. The van der Waals surface area contributed by atoms with Crippen molar-refractivity contribution in [3.63, 3.8) is 0 Å². The van der Waals surface area contributed by atoms with E-state index in [2.05, 4.69) is 20.1 Å². The van der Waals surface area contributed by atoms with E-state index in [1.54, 1.807) is 41.2 Å². The first-order chi connectivity index (χ1) is 20.1. The Morgan fingerprint density at radius 3 is 2.62 bits per heavy atom. The molecular formula is C27H31N7O7S. The number of esters is 1. The molecule has 0 unspecified atom stereocenters. The molecule has 1 N–H and O–H groups in total. The average molecular weight is 598 g/mol. The van der Waals surface area contributed by atoms with E-state index in [1.807, 2.05) is 25.1 Å². The van der Waals surface area contributed by atoms with Crippen LogP contribution in [0.25, 0.3) is 16.8 Å². The van der Waals surface area contributed by atoms with Crippen molar-refractivity contribution in [1.82, 2.24) is 23.8 Å². The second-order valence-corrected chi connectivity index (χ2v) is 11.3. The van der Waals surface area contributed by atoms with Gasteiger partial charge in [-0.05, 0) is 43.9 Å². The van der Waals surface area contributed by atoms with Gasteiger partial charge >= 0.3 is 5.97 Å². The molecular weight excluding hydrogens is 566 g/mol. The minimum Gasteiger partial charge on any atom is -0.482 e. The number of benzene rings is 2. The molecule has 15 heteroatoms. The first-order valence-electron chi connectivity index (χ1n) is 12.9. The second kappa shape index (κ2) is 13.4. The van der Waals surface area contributed by atoms with E-state index in [0.717, 1.165) is 5.56 Å². The number of rotatable bonds is 14. The third-order valence-corrected chi connectivity index (χ3v) is 8.19. The van der Waals surface area contributed by atoms with Crippen LogP contribution in [0.2, 0.25) is 0 Å². The van der Waals surface area contributed by atoms with Gasteiger partial charge in [-0.3, -0.25) is 10.1 Å². The number of nitro benzene ring substituents is 1. The first-order valence-corrected chi connectivity index (χ1v) is 14.3. The van der Waals surface area contributed by atoms with E-state index in [0.29, 0.717) is 29.3 Å². The van der Waals surface area contributed by atoms with Crippen LogP contribution in [-0.4, -0.2) is 97.1 Å². The summed E-state index contributed by atoms with van der Waals surface area (Å²) in [6, 6.07) is 14.2. The molecule has 0 aliphatic heterocycles. The summed E-state index contributed by atoms with van der Waals surface area (Å²) in [6.07, 6.45) is 3.38. The Morgan fingerprint density at radius 1 is 1.10 bits per heavy atom. The summed E-state index contributed by atoms with van der Waals surface area (Å²) in [5, 5.41) is 19.0. The van der Waals surface area contributed by atoms with Crippen molar-refractivity contribution in [2.24, 2.45) is 0 Å². The molecule has 2 heterocycles. The quantitative estimate of drug-likeness (QED) is 0.129. The maximum absolute atomic E-state index is 13.5. The van der Waals surface area contributed by atoms with Gasteiger partial charge < -0.3 is 19.7 Å². The van der Waals surface area contributed by atoms with Crippen molar-refractivity contribution in [2.45, 2.75) is 4.90 Å². The molecule has 0 saturated heterocycles. The Bertz CT molecular complexity index is 1670. The topological polar surface area (TPSA) is 162 Å². The second-order valence-electron chi connectivity index (χ2n) is 9.39. The van der Waals surface area contributed by atoms with Crippen LogP contribution >= 0.6 is 0 Å². The maximum Gasteiger partial charge on any atom is 0.343 e. The predicted octanol–water partition coefficient (Wildman–Crippen LogP) is 2.52. The van der Waals surface area contributed by atoms with Gasteiger partial charge in [0.05, 0.1) is 18.2 Å². The Morgan fingerprint density at radius 2 is 1.88 bits per heavy atom. The van der Waals surface area contributed by atoms with Gasteiger partial charge in [0, 0.05) is 44.0 Å². The molecule has 0 amide bonds. The number of nitrogens with zero attached hydrogens (tertiary/aromatic N) is 6. The third kappa shape index (κ3) is 7.18. The SMILES string of the molecule is COC(=O)COc1cccc(-c2cnn3ccc(NCCN(CCN(C)C)S(=O)(=O)c4ccccc4[N+](=O)[O-])nc23)c1. The zero-order valence-corrected chi connectivity index (χ0v) is 24.2. The van der Waals surface area contributed by atoms with Crippen LogP contribution in [-0.2, 0) is 19.6 Å². The van der Waals surface area contributed by atoms with Gasteiger partial charge in [0.1, 0.15) is 11.6 Å². The molecule has 14 nitrogen and oxygen atoms in total. The Balaban J connectivity index is 1.52. The van der Waals surface area contributed by atoms with Gasteiger partial charge in [-0.2, -0.15) is 9.40 Å². The molecule has 0 aliphatic rings. The number of fused-ring (bicyclic) bond motifs is 1. The van der Waals surface area contributed by atoms with E-state index < -0.39 is 26.6 Å². The largest absolute Gasteiger partial charge is 0.482 e. The Kier molecular flexibility index (Phi) is 9.67. The summed E-state index contributed by atoms with van der Waals surface area (Å²) in [7, 11) is 0.757. The minimum absolute atomic E-state index is 0.0424. The number of likely N-dealkylation sites (N-methyl/N-ethyl adjacent to an activating group) is 1. The molecule has 0 radical (unpaired) electrons. The molecule has 0 atom stereocenters. The number of ether oxygens (including phenoxy) is 2. The zero-order valence-electron chi connectivity index (χ0n) is 23.3. The molecule has 0 saturated carbocycles. The first kappa shape index (κ1) is 30.4. The van der Waals surface area contributed by atoms with Crippen LogP contribution in [0.15, 0.2) is 71.9 Å². The van der Waals surface area contributed by atoms with Crippen molar-refractivity contribution in [2.75, 3.05) is 59.3 Å². The summed E-state index contributed by atoms with van der Waals surface area (Å²) in [6.45, 7) is 0.569. The lowest BCUT2D eigenvalue weighted by molar-refractivity contribution is -0.387. The molecule has 2 aromatic heterocycles. The van der Waals surface area contributed by atoms with Gasteiger partial charge in [0.2, 0.25) is 10.0 Å². The fraction of sp³-hybridized carbons (Fsp3) is 0.296. The lowest BCUT2D eigenvalue weighted by Crippen LogP contribution is -2.39. The molecule has 0 aliphatic carbocycles. The van der Waals surface area contributed by atoms with Crippen molar-refractivity contribution < 1.29 is 27.6 Å². The number of nitrogens with one attached hydrogen (secondary N) is 1. The van der Waals surface area contributed by atoms with Gasteiger partial charge in [-0.1, -0.05) is 24.3 Å². The molecule has 4 aromatic rings. The summed E-state index contributed by atoms with van der Waals surface area (Å²) in [5.41, 5.74) is 1.55. The Hall–Kier alpha value is -4.60. The molecule has 0 fully saturated rings. The van der Waals surface area contributed by atoms with E-state index in [-0.39, 0.29) is 31.1 Å². The van der Waals surface area contributed by atoms with Crippen molar-refractivity contribution in [3.8, 4) is 16.9 Å². The molecule has 4 rings (SSSR count). The standard InChI is InChI=1S/C27H31N7O7S/c1-31(2)15-16-32(42(38,39)24-10-5-4-9-23(24)34(36)37)14-12-28-25-11-13-33-27(30-25)22(18-29-33)20-7-6-8-21(17-20)41-19-26(35)40-3/h4-11,13,17-18H,12,14-16,19H2,1-3H3,(H,28,30). The number of carbonyl (C=O) groups excluding carboxylic acids is 1. The van der Waals surface area contributed by atoms with E-state index in [1.165, 1.54) is 35.7 Å². The number of hydrogen-bond acceptors (Lipinski definition) is 11. The fourth-order valence-corrected chi connectivity index (χ4v) is 5.65. The summed E-state index contributed by atoms with van der Waals surface area (Å²) in [5.74, 6) is 0.464. The summed E-state index contributed by atoms with van der Waals surface area (Å²) in [4.78, 5) is 28.4. The van der Waals surface area contributed by atoms with Crippen molar-refractivity contribution in [3.05, 3.63) is 77.1 Å². The lowest BCUT2D eigenvalue weighted by Gasteiger charge is -2.24. The number of hydrogen-bond donors (Lipinski definition) is 1. The van der Waals surface area contributed by atoms with Crippen LogP contribution in [0.3, 0.4) is 0 Å². The molecule has 0 bridgehead atoms. The highest BCUT2D eigenvalue weighted by atomic mass is 32.2. The molecule has 222 valence electrons. The van der Waals surface area contributed by atoms with Crippen molar-refractivity contribution >= 4 is 33.1 Å². The monoisotopic (exact) mass is 597 g/mol. The molecule has 0 spiro atoms. The third-order valence-electron chi connectivity index (χ3n) is 6.24. The highest BCUT2D eigenvalue weighted by molar-refractivity contribution is 7.89. The summed E-state index contributed by atoms with van der Waals surface area (Å²) >= 11 is 0. The number of nitro groups is 1. The van der Waals surface area contributed by atoms with E-state index >= 15 is 0 Å². The van der Waals surface area contributed by atoms with Gasteiger partial charge in [-0.25, -0.2) is 22.7 Å². The fourth-order valence-electron chi connectivity index (χ4n) is 4.06. The average Bonchev–Trinajstić information content (AvgIpc) is 3.40. The number of methoxy groups -OCH3 is 1. The van der Waals surface area contributed by atoms with Crippen LogP contribution in [0, 0.1) is 10.1 Å². The predicted molar refractivity (Wildman–Crippen MR) is 155 cm³/mol. The van der Waals surface area contributed by atoms with Gasteiger partial charge in [0.25, 0.3) is 5.69 Å². The van der Waals surface area contributed by atoms with Crippen LogP contribution in [0.5, 0.6) is 5.75 Å². The van der Waals surface area contributed by atoms with Gasteiger partial charge in [-0.15, -0.1) is 0 Å². The number of anilines is 1. The number of carbonyl (C=O) groups is 1. The normalized spacial score (nSPS) is 11.6. The van der Waals surface area contributed by atoms with E-state index in [4.69, 9.17) is 4.74 Å². The highest BCUT2D eigenvalue weighted by Crippen LogP contribution is 2.28. The maximum atomic E-state index is 13.5. The minimum atomic E-state index is -4.16. The van der Waals surface area contributed by atoms with E-state index in [9.17, 15) is 23.3 Å².